The smallest absolute Gasteiger partial charge is 0.177 e. The van der Waals surface area contributed by atoms with Gasteiger partial charge in [-0.25, -0.2) is 8.42 Å². The molecule has 2 aromatic rings. The lowest BCUT2D eigenvalue weighted by Gasteiger charge is -2.16. The SMILES string of the molecule is COc1ccc(C2=CC3(C=C2c2ccc(S(C)(=O)=O)cn2)CCCC3)cc1. The van der Waals surface area contributed by atoms with Crippen molar-refractivity contribution in [1.82, 2.24) is 4.98 Å². The van der Waals surface area contributed by atoms with E-state index in [2.05, 4.69) is 29.3 Å². The summed E-state index contributed by atoms with van der Waals surface area (Å²) in [5.74, 6) is 0.828. The number of benzene rings is 1. The van der Waals surface area contributed by atoms with Crippen LogP contribution in [0.4, 0.5) is 0 Å². The Kier molecular flexibility index (Phi) is 4.42. The van der Waals surface area contributed by atoms with E-state index in [1.54, 1.807) is 13.2 Å². The second-order valence-corrected chi connectivity index (χ2v) is 9.45. The first-order chi connectivity index (χ1) is 12.9. The van der Waals surface area contributed by atoms with Crippen molar-refractivity contribution in [2.24, 2.45) is 5.41 Å². The Balaban J connectivity index is 1.77. The molecule has 27 heavy (non-hydrogen) atoms. The minimum atomic E-state index is -3.25. The van der Waals surface area contributed by atoms with Crippen LogP contribution in [-0.4, -0.2) is 26.8 Å². The molecule has 0 aliphatic heterocycles. The first-order valence-corrected chi connectivity index (χ1v) is 11.1. The lowest BCUT2D eigenvalue weighted by molar-refractivity contribution is 0.415. The molecular formula is C22H23NO3S. The van der Waals surface area contributed by atoms with Gasteiger partial charge in [-0.05, 0) is 48.2 Å². The summed E-state index contributed by atoms with van der Waals surface area (Å²) in [6.45, 7) is 0. The first kappa shape index (κ1) is 18.0. The number of hydrogen-bond donors (Lipinski definition) is 0. The van der Waals surface area contributed by atoms with E-state index in [9.17, 15) is 8.42 Å². The Morgan fingerprint density at radius 2 is 1.63 bits per heavy atom. The molecule has 0 saturated heterocycles. The maximum atomic E-state index is 11.7. The summed E-state index contributed by atoms with van der Waals surface area (Å²) in [5.41, 5.74) is 4.29. The van der Waals surface area contributed by atoms with Crippen LogP contribution in [0.25, 0.3) is 11.1 Å². The number of aromatic nitrogens is 1. The van der Waals surface area contributed by atoms with Crippen LogP contribution in [0.5, 0.6) is 5.75 Å². The van der Waals surface area contributed by atoms with Crippen molar-refractivity contribution in [3.05, 3.63) is 66.0 Å². The third-order valence-electron chi connectivity index (χ3n) is 5.53. The Labute approximate surface area is 160 Å². The molecule has 0 unspecified atom stereocenters. The monoisotopic (exact) mass is 381 g/mol. The van der Waals surface area contributed by atoms with Crippen LogP contribution < -0.4 is 4.74 Å². The zero-order chi connectivity index (χ0) is 19.1. The van der Waals surface area contributed by atoms with Crippen LogP contribution in [-0.2, 0) is 9.84 Å². The first-order valence-electron chi connectivity index (χ1n) is 9.17. The van der Waals surface area contributed by atoms with Gasteiger partial charge in [0.15, 0.2) is 9.84 Å². The molecule has 1 aromatic carbocycles. The van der Waals surface area contributed by atoms with Crippen LogP contribution in [0.1, 0.15) is 36.9 Å². The van der Waals surface area contributed by atoms with Crippen LogP contribution in [0, 0.1) is 5.41 Å². The van der Waals surface area contributed by atoms with Gasteiger partial charge in [-0.3, -0.25) is 4.98 Å². The predicted octanol–water partition coefficient (Wildman–Crippen LogP) is 4.53. The van der Waals surface area contributed by atoms with Gasteiger partial charge >= 0.3 is 0 Å². The van der Waals surface area contributed by atoms with E-state index in [1.807, 2.05) is 18.2 Å². The molecule has 0 atom stereocenters. The predicted molar refractivity (Wildman–Crippen MR) is 107 cm³/mol. The molecule has 1 saturated carbocycles. The summed E-state index contributed by atoms with van der Waals surface area (Å²) in [7, 11) is -1.59. The number of pyridine rings is 1. The normalized spacial score (nSPS) is 18.4. The lowest BCUT2D eigenvalue weighted by Crippen LogP contribution is -2.05. The van der Waals surface area contributed by atoms with E-state index >= 15 is 0 Å². The topological polar surface area (TPSA) is 56.3 Å². The third kappa shape index (κ3) is 3.44. The van der Waals surface area contributed by atoms with Gasteiger partial charge in [-0.1, -0.05) is 37.1 Å². The fourth-order valence-corrected chi connectivity index (χ4v) is 4.63. The second kappa shape index (κ2) is 6.64. The summed E-state index contributed by atoms with van der Waals surface area (Å²) in [5, 5.41) is 0. The summed E-state index contributed by atoms with van der Waals surface area (Å²) in [4.78, 5) is 4.72. The minimum absolute atomic E-state index is 0.0990. The molecule has 4 nitrogen and oxygen atoms in total. The van der Waals surface area contributed by atoms with Crippen molar-refractivity contribution < 1.29 is 13.2 Å². The van der Waals surface area contributed by atoms with E-state index in [-0.39, 0.29) is 10.3 Å². The molecular weight excluding hydrogens is 358 g/mol. The Bertz CT molecular complexity index is 1010. The summed E-state index contributed by atoms with van der Waals surface area (Å²) in [6, 6.07) is 11.5. The molecule has 140 valence electrons. The minimum Gasteiger partial charge on any atom is -0.497 e. The number of nitrogens with zero attached hydrogens (tertiary/aromatic N) is 1. The van der Waals surface area contributed by atoms with E-state index < -0.39 is 9.84 Å². The van der Waals surface area contributed by atoms with Gasteiger partial charge in [-0.15, -0.1) is 0 Å². The van der Waals surface area contributed by atoms with Crippen LogP contribution in [0.3, 0.4) is 0 Å². The Hall–Kier alpha value is -2.40. The summed E-state index contributed by atoms with van der Waals surface area (Å²) in [6.07, 6.45) is 12.1. The maximum absolute atomic E-state index is 11.7. The molecule has 5 heteroatoms. The molecule has 1 fully saturated rings. The highest BCUT2D eigenvalue weighted by atomic mass is 32.2. The second-order valence-electron chi connectivity index (χ2n) is 7.44. The quantitative estimate of drug-likeness (QED) is 0.780. The van der Waals surface area contributed by atoms with Gasteiger partial charge in [0, 0.05) is 23.4 Å². The zero-order valence-corrected chi connectivity index (χ0v) is 16.4. The van der Waals surface area contributed by atoms with E-state index in [0.29, 0.717) is 0 Å². The van der Waals surface area contributed by atoms with Crippen molar-refractivity contribution in [3.63, 3.8) is 0 Å². The molecule has 0 bridgehead atoms. The van der Waals surface area contributed by atoms with Gasteiger partial charge in [0.25, 0.3) is 0 Å². The highest BCUT2D eigenvalue weighted by Crippen LogP contribution is 2.51. The van der Waals surface area contributed by atoms with Crippen molar-refractivity contribution in [2.45, 2.75) is 30.6 Å². The Morgan fingerprint density at radius 1 is 0.963 bits per heavy atom. The van der Waals surface area contributed by atoms with Gasteiger partial charge in [0.05, 0.1) is 17.7 Å². The molecule has 1 spiro atoms. The van der Waals surface area contributed by atoms with E-state index in [1.165, 1.54) is 30.9 Å². The Morgan fingerprint density at radius 3 is 2.19 bits per heavy atom. The fraction of sp³-hybridized carbons (Fsp3) is 0.318. The van der Waals surface area contributed by atoms with Crippen molar-refractivity contribution in [3.8, 4) is 5.75 Å². The summed E-state index contributed by atoms with van der Waals surface area (Å²) >= 11 is 0. The number of hydrogen-bond acceptors (Lipinski definition) is 4. The zero-order valence-electron chi connectivity index (χ0n) is 15.6. The van der Waals surface area contributed by atoms with E-state index in [0.717, 1.165) is 35.4 Å². The van der Waals surface area contributed by atoms with Gasteiger partial charge in [0.2, 0.25) is 0 Å². The van der Waals surface area contributed by atoms with Gasteiger partial charge in [-0.2, -0.15) is 0 Å². The molecule has 4 rings (SSSR count). The third-order valence-corrected chi connectivity index (χ3v) is 6.63. The van der Waals surface area contributed by atoms with Crippen molar-refractivity contribution in [2.75, 3.05) is 13.4 Å². The number of sulfone groups is 1. The van der Waals surface area contributed by atoms with Crippen LogP contribution >= 0.6 is 0 Å². The van der Waals surface area contributed by atoms with E-state index in [4.69, 9.17) is 4.74 Å². The van der Waals surface area contributed by atoms with Gasteiger partial charge < -0.3 is 4.74 Å². The number of allylic oxidation sites excluding steroid dienone is 4. The molecule has 1 heterocycles. The average Bonchev–Trinajstić information content (AvgIpc) is 3.28. The van der Waals surface area contributed by atoms with Gasteiger partial charge in [0.1, 0.15) is 5.75 Å². The molecule has 2 aliphatic rings. The average molecular weight is 381 g/mol. The highest BCUT2D eigenvalue weighted by molar-refractivity contribution is 7.90. The van der Waals surface area contributed by atoms with Crippen molar-refractivity contribution in [1.29, 1.82) is 0 Å². The lowest BCUT2D eigenvalue weighted by atomic mass is 9.88. The molecule has 2 aliphatic carbocycles. The number of rotatable bonds is 4. The number of methoxy groups -OCH3 is 1. The fourth-order valence-electron chi connectivity index (χ4n) is 4.07. The standard InChI is InChI=1S/C22H23NO3S/c1-26-17-7-5-16(6-8-17)19-13-22(11-3-4-12-22)14-20(19)21-10-9-18(15-23-21)27(2,24)25/h5-10,13-15H,3-4,11-12H2,1-2H3. The van der Waals surface area contributed by atoms with Crippen molar-refractivity contribution >= 4 is 21.0 Å². The molecule has 0 amide bonds. The van der Waals surface area contributed by atoms with Crippen LogP contribution in [0.2, 0.25) is 0 Å². The van der Waals surface area contributed by atoms with Crippen LogP contribution in [0.15, 0.2) is 59.6 Å². The highest BCUT2D eigenvalue weighted by Gasteiger charge is 2.36. The summed E-state index contributed by atoms with van der Waals surface area (Å²) < 4.78 is 28.8. The molecule has 0 N–H and O–H groups in total. The molecule has 1 aromatic heterocycles. The number of ether oxygens (including phenoxy) is 1. The largest absolute Gasteiger partial charge is 0.497 e. The molecule has 0 radical (unpaired) electrons. The maximum Gasteiger partial charge on any atom is 0.177 e.